The Morgan fingerprint density at radius 1 is 1.14 bits per heavy atom. The highest BCUT2D eigenvalue weighted by Crippen LogP contribution is 2.29. The summed E-state index contributed by atoms with van der Waals surface area (Å²) in [6, 6.07) is 5.07. The molecule has 0 fully saturated rings. The summed E-state index contributed by atoms with van der Waals surface area (Å²) in [6.07, 6.45) is 3.05. The molecule has 28 heavy (non-hydrogen) atoms. The van der Waals surface area contributed by atoms with Gasteiger partial charge in [0.05, 0.1) is 6.42 Å². The zero-order chi connectivity index (χ0) is 20.3. The Kier molecular flexibility index (Phi) is 5.72. The van der Waals surface area contributed by atoms with Crippen molar-refractivity contribution in [2.75, 3.05) is 6.54 Å². The van der Waals surface area contributed by atoms with E-state index in [1.165, 1.54) is 0 Å². The minimum absolute atomic E-state index is 0.00852. The van der Waals surface area contributed by atoms with Gasteiger partial charge in [0, 0.05) is 23.6 Å². The molecule has 1 aromatic carbocycles. The Balaban J connectivity index is 1.62. The molecule has 7 nitrogen and oxygen atoms in total. The number of alkyl carbamates (subject to hydrolysis) is 1. The molecule has 150 valence electrons. The van der Waals surface area contributed by atoms with Crippen molar-refractivity contribution < 1.29 is 23.5 Å². The summed E-state index contributed by atoms with van der Waals surface area (Å²) in [5, 5.41) is 3.39. The summed E-state index contributed by atoms with van der Waals surface area (Å²) in [5.41, 5.74) is 1.31. The van der Waals surface area contributed by atoms with Crippen molar-refractivity contribution >= 4 is 23.0 Å². The topological polar surface area (TPSA) is 94.8 Å². The lowest BCUT2D eigenvalue weighted by molar-refractivity contribution is -0.134. The average molecular weight is 387 g/mol. The maximum Gasteiger partial charge on any atom is 0.407 e. The van der Waals surface area contributed by atoms with Gasteiger partial charge in [0.1, 0.15) is 16.9 Å². The first-order chi connectivity index (χ1) is 13.2. The van der Waals surface area contributed by atoms with Gasteiger partial charge in [0.2, 0.25) is 0 Å². The van der Waals surface area contributed by atoms with E-state index in [0.29, 0.717) is 11.3 Å². The van der Waals surface area contributed by atoms with Gasteiger partial charge < -0.3 is 19.2 Å². The van der Waals surface area contributed by atoms with Crippen molar-refractivity contribution in [2.24, 2.45) is 0 Å². The van der Waals surface area contributed by atoms with Crippen molar-refractivity contribution in [1.82, 2.24) is 5.32 Å². The van der Waals surface area contributed by atoms with Crippen LogP contribution in [0.2, 0.25) is 0 Å². The highest BCUT2D eigenvalue weighted by atomic mass is 16.6. The first kappa shape index (κ1) is 19.9. The van der Waals surface area contributed by atoms with Crippen molar-refractivity contribution in [3.8, 4) is 5.75 Å². The molecule has 0 bridgehead atoms. The van der Waals surface area contributed by atoms with Crippen LogP contribution in [0.1, 0.15) is 51.2 Å². The van der Waals surface area contributed by atoms with Gasteiger partial charge >= 0.3 is 17.7 Å². The third-order valence-corrected chi connectivity index (χ3v) is 4.42. The molecule has 0 unspecified atom stereocenters. The predicted molar refractivity (Wildman–Crippen MR) is 104 cm³/mol. The van der Waals surface area contributed by atoms with E-state index >= 15 is 0 Å². The van der Waals surface area contributed by atoms with Crippen LogP contribution in [0.4, 0.5) is 4.79 Å². The number of hydrogen-bond donors (Lipinski definition) is 1. The number of aryl methyl sites for hydroxylation is 1. The number of hydrogen-bond acceptors (Lipinski definition) is 6. The van der Waals surface area contributed by atoms with Crippen molar-refractivity contribution in [3.05, 3.63) is 39.7 Å². The number of carbonyl (C=O) groups excluding carboxylic acids is 2. The molecule has 0 saturated carbocycles. The third kappa shape index (κ3) is 4.91. The zero-order valence-corrected chi connectivity index (χ0v) is 16.4. The summed E-state index contributed by atoms with van der Waals surface area (Å²) in [4.78, 5) is 35.8. The second-order valence-electron chi connectivity index (χ2n) is 7.86. The maximum atomic E-state index is 12.2. The second-order valence-corrected chi connectivity index (χ2v) is 7.86. The van der Waals surface area contributed by atoms with Gasteiger partial charge in [0.15, 0.2) is 0 Å². The largest absolute Gasteiger partial charge is 0.444 e. The quantitative estimate of drug-likeness (QED) is 0.490. The second kappa shape index (κ2) is 8.04. The lowest BCUT2D eigenvalue weighted by Gasteiger charge is -2.19. The summed E-state index contributed by atoms with van der Waals surface area (Å²) in [6.45, 7) is 5.38. The molecule has 7 heteroatoms. The number of carbonyl (C=O) groups is 2. The molecule has 1 heterocycles. The highest BCUT2D eigenvalue weighted by molar-refractivity contribution is 5.84. The lowest BCUT2D eigenvalue weighted by atomic mass is 9.91. The van der Waals surface area contributed by atoms with Gasteiger partial charge in [-0.3, -0.25) is 4.79 Å². The van der Waals surface area contributed by atoms with Gasteiger partial charge in [-0.25, -0.2) is 9.59 Å². The van der Waals surface area contributed by atoms with E-state index in [1.807, 2.05) is 6.07 Å². The van der Waals surface area contributed by atoms with Gasteiger partial charge in [-0.1, -0.05) is 0 Å². The minimum Gasteiger partial charge on any atom is -0.444 e. The van der Waals surface area contributed by atoms with E-state index in [0.717, 1.165) is 42.2 Å². The molecule has 1 N–H and O–H groups in total. The number of rotatable bonds is 4. The Hall–Kier alpha value is -2.83. The van der Waals surface area contributed by atoms with Crippen LogP contribution in [0.15, 0.2) is 27.4 Å². The fourth-order valence-electron chi connectivity index (χ4n) is 3.25. The molecule has 1 aromatic heterocycles. The van der Waals surface area contributed by atoms with Crippen LogP contribution in [-0.4, -0.2) is 24.2 Å². The van der Waals surface area contributed by atoms with Crippen LogP contribution in [0, 0.1) is 0 Å². The molecule has 0 radical (unpaired) electrons. The third-order valence-electron chi connectivity index (χ3n) is 4.42. The summed E-state index contributed by atoms with van der Waals surface area (Å²) in [7, 11) is 0. The van der Waals surface area contributed by atoms with Crippen LogP contribution < -0.4 is 15.7 Å². The van der Waals surface area contributed by atoms with Crippen LogP contribution in [0.3, 0.4) is 0 Å². The van der Waals surface area contributed by atoms with E-state index in [9.17, 15) is 14.4 Å². The lowest BCUT2D eigenvalue weighted by Crippen LogP contribution is -2.34. The van der Waals surface area contributed by atoms with Gasteiger partial charge in [-0.2, -0.15) is 0 Å². The van der Waals surface area contributed by atoms with Crippen LogP contribution >= 0.6 is 0 Å². The molecule has 0 aliphatic heterocycles. The highest BCUT2D eigenvalue weighted by Gasteiger charge is 2.19. The fourth-order valence-corrected chi connectivity index (χ4v) is 3.25. The minimum atomic E-state index is -0.598. The van der Waals surface area contributed by atoms with Crippen LogP contribution in [0.25, 0.3) is 11.0 Å². The van der Waals surface area contributed by atoms with Gasteiger partial charge in [-0.15, -0.1) is 0 Å². The molecule has 0 atom stereocenters. The van der Waals surface area contributed by atoms with E-state index < -0.39 is 17.7 Å². The number of ether oxygens (including phenoxy) is 2. The standard InChI is InChI=1S/C21H25NO6/c1-21(2,3)28-20(25)22-11-10-18(23)26-13-8-9-15-14-6-4-5-7-16(14)19(24)27-17(15)12-13/h8-9,12H,4-7,10-11H2,1-3H3,(H,22,25). The average Bonchev–Trinajstić information content (AvgIpc) is 2.60. The predicted octanol–water partition coefficient (Wildman–Crippen LogP) is 3.49. The first-order valence-corrected chi connectivity index (χ1v) is 9.49. The molecular formula is C21H25NO6. The number of fused-ring (bicyclic) bond motifs is 3. The molecular weight excluding hydrogens is 362 g/mol. The van der Waals surface area contributed by atoms with Crippen molar-refractivity contribution in [1.29, 1.82) is 0 Å². The number of benzene rings is 1. The Labute approximate surface area is 163 Å². The van der Waals surface area contributed by atoms with Crippen LogP contribution in [-0.2, 0) is 22.4 Å². The molecule has 1 aliphatic rings. The van der Waals surface area contributed by atoms with Gasteiger partial charge in [0.25, 0.3) is 0 Å². The van der Waals surface area contributed by atoms with E-state index in [1.54, 1.807) is 32.9 Å². The number of esters is 1. The Bertz CT molecular complexity index is 954. The van der Waals surface area contributed by atoms with Crippen molar-refractivity contribution in [3.63, 3.8) is 0 Å². The molecule has 1 aliphatic carbocycles. The SMILES string of the molecule is CC(C)(C)OC(=O)NCCC(=O)Oc1ccc2c3c(c(=O)oc2c1)CCCC3. The first-order valence-electron chi connectivity index (χ1n) is 9.49. The van der Waals surface area contributed by atoms with E-state index in [2.05, 4.69) is 5.32 Å². The van der Waals surface area contributed by atoms with E-state index in [-0.39, 0.29) is 18.6 Å². The van der Waals surface area contributed by atoms with Gasteiger partial charge in [-0.05, 0) is 64.2 Å². The fraction of sp³-hybridized carbons (Fsp3) is 0.476. The van der Waals surface area contributed by atoms with Crippen molar-refractivity contribution in [2.45, 2.75) is 58.5 Å². The molecule has 0 saturated heterocycles. The van der Waals surface area contributed by atoms with E-state index in [4.69, 9.17) is 13.9 Å². The molecule has 2 aromatic rings. The number of nitrogens with one attached hydrogen (secondary N) is 1. The summed E-state index contributed by atoms with van der Waals surface area (Å²) in [5.74, 6) is -0.204. The maximum absolute atomic E-state index is 12.2. The summed E-state index contributed by atoms with van der Waals surface area (Å²) < 4.78 is 15.8. The molecule has 3 rings (SSSR count). The summed E-state index contributed by atoms with van der Waals surface area (Å²) >= 11 is 0. The monoisotopic (exact) mass is 387 g/mol. The smallest absolute Gasteiger partial charge is 0.407 e. The molecule has 0 spiro atoms. The normalized spacial score (nSPS) is 13.7. The van der Waals surface area contributed by atoms with Crippen LogP contribution in [0.5, 0.6) is 5.75 Å². The zero-order valence-electron chi connectivity index (χ0n) is 16.4. The Morgan fingerprint density at radius 2 is 1.86 bits per heavy atom. The number of amides is 1. The molecule has 1 amide bonds. The Morgan fingerprint density at radius 3 is 2.57 bits per heavy atom.